The van der Waals surface area contributed by atoms with Crippen LogP contribution in [0, 0.1) is 138 Å². The molecule has 0 aromatic heterocycles. The number of ketones is 1. The molecular weight excluding hydrogens is 981 g/mol. The van der Waals surface area contributed by atoms with Crippen LogP contribution < -0.4 is 0 Å². The molecule has 78 heavy (non-hydrogen) atoms. The highest BCUT2D eigenvalue weighted by Gasteiger charge is 2.68. The smallest absolute Gasteiger partial charge is 0.139 e. The number of fused-ring (bicyclic) bond motifs is 15. The van der Waals surface area contributed by atoms with Gasteiger partial charge < -0.3 is 43.7 Å². The van der Waals surface area contributed by atoms with Crippen LogP contribution in [-0.4, -0.2) is 119 Å². The number of nitriles is 2. The first-order chi connectivity index (χ1) is 36.6. The Kier molecular flexibility index (Phi) is 17.7. The molecule has 3 N–H and O–H groups in total. The van der Waals surface area contributed by atoms with Crippen LogP contribution in [0.4, 0.5) is 0 Å². The Hall–Kier alpha value is -1.71. The SMILES string of the molecule is C.CO[C@H]1C[C@]2(C)C(=O)CC[C@H]2[C@@H]2CC[C@H]3C[C@H](O)[C@@H](OC)C[C@]3(C)[C@H]21.CO[C@H]1C[C@]2(C)[C@@H](C#N)CC[C@H]2[C@@H]2CC[C@H]3C[C@H](O)[C@@H](OC)C[C@]3(C)[C@H]21.CO[C@H]1C[C@]2(C)[C@H](C#N)CC[C@H]2[C@@H]2CC[C@H]3C[C@H](O)[C@@H](OC)C[C@]3(C)[C@H]21. The summed E-state index contributed by atoms with van der Waals surface area (Å²) in [5.74, 6) is 7.65. The van der Waals surface area contributed by atoms with Crippen LogP contribution in [0.3, 0.4) is 0 Å². The van der Waals surface area contributed by atoms with Crippen LogP contribution in [0.25, 0.3) is 0 Å². The zero-order valence-electron chi connectivity index (χ0n) is 49.7. The molecule has 12 heteroatoms. The van der Waals surface area contributed by atoms with Crippen molar-refractivity contribution in [3.8, 4) is 12.1 Å². The Balaban J connectivity index is 0.000000141. The number of Topliss-reactive ketones (excluding diaryl/α,β-unsaturated/α-hetero) is 1. The number of aliphatic hydroxyl groups is 3. The number of aliphatic hydroxyl groups excluding tert-OH is 3. The maximum absolute atomic E-state index is 12.7. The number of rotatable bonds is 6. The Morgan fingerprint density at radius 1 is 0.410 bits per heavy atom. The molecule has 442 valence electrons. The number of nitrogens with zero attached hydrogens (tertiary/aromatic N) is 2. The first kappa shape index (κ1) is 60.9. The van der Waals surface area contributed by atoms with Crippen molar-refractivity contribution < 1.29 is 48.5 Å². The molecule has 0 spiro atoms. The summed E-state index contributed by atoms with van der Waals surface area (Å²) < 4.78 is 35.3. The summed E-state index contributed by atoms with van der Waals surface area (Å²) in [6, 6.07) is 5.25. The van der Waals surface area contributed by atoms with E-state index in [4.69, 9.17) is 28.4 Å². The fourth-order valence-electron chi connectivity index (χ4n) is 23.6. The molecule has 12 aliphatic rings. The first-order valence-corrected chi connectivity index (χ1v) is 31.2. The van der Waals surface area contributed by atoms with Gasteiger partial charge in [0.05, 0.1) is 78.9 Å². The van der Waals surface area contributed by atoms with Gasteiger partial charge in [-0.25, -0.2) is 0 Å². The average molecular weight is 1090 g/mol. The lowest BCUT2D eigenvalue weighted by atomic mass is 9.43. The third-order valence-electron chi connectivity index (χ3n) is 27.5. The molecule has 0 aromatic rings. The summed E-state index contributed by atoms with van der Waals surface area (Å²) in [6.07, 6.45) is 21.1. The van der Waals surface area contributed by atoms with E-state index in [1.54, 1.807) is 21.3 Å². The normalized spacial score (nSPS) is 55.2. The third kappa shape index (κ3) is 9.38. The van der Waals surface area contributed by atoms with Crippen LogP contribution in [0.15, 0.2) is 0 Å². The van der Waals surface area contributed by atoms with Crippen LogP contribution in [0.1, 0.15) is 184 Å². The summed E-state index contributed by atoms with van der Waals surface area (Å²) in [5.41, 5.74) is 0.491. The zero-order valence-corrected chi connectivity index (χ0v) is 49.7. The minimum atomic E-state index is -0.345. The molecule has 0 unspecified atom stereocenters. The lowest BCUT2D eigenvalue weighted by Gasteiger charge is -2.63. The van der Waals surface area contributed by atoms with Gasteiger partial charge >= 0.3 is 0 Å². The van der Waals surface area contributed by atoms with E-state index >= 15 is 0 Å². The second-order valence-corrected chi connectivity index (χ2v) is 29.9. The standard InChI is InChI=1S/2C22H35NO3.C21H34O4.CH4/c2*1-21-11-19(26-4)20-15(16(21)8-6-14(21)12-23)7-5-13-9-17(24)18(25-3)10-22(13,20)2;1-20-10-16(24-3)15(22)9-12(20)5-6-13-14-7-8-18(23)21(14,2)11-17(25-4)19(13)20;/h2*13-20,24H,5-11H2,1-4H3;12-17,19,22H,5-11H2,1-4H3;1H4/t13-,14+,15-,16-,17-,18-,19-,20+,21+,22-;13-,14-,15-,16-,17-,18-,19-,20+,21+,22-;12-,13-,14-,15-,16-,17-,19+,20-,21-;/m000./s1. The van der Waals surface area contributed by atoms with Gasteiger partial charge in [0.1, 0.15) is 5.78 Å². The molecule has 29 atom stereocenters. The Bertz CT molecular complexity index is 2100. The summed E-state index contributed by atoms with van der Waals surface area (Å²) in [6.45, 7) is 14.2. The van der Waals surface area contributed by atoms with Gasteiger partial charge in [0.2, 0.25) is 0 Å². The topological polar surface area (TPSA) is 181 Å². The molecule has 12 fully saturated rings. The lowest BCUT2D eigenvalue weighted by Crippen LogP contribution is -2.61. The van der Waals surface area contributed by atoms with E-state index in [2.05, 4.69) is 53.7 Å². The van der Waals surface area contributed by atoms with Crippen molar-refractivity contribution in [2.24, 2.45) is 115 Å². The highest BCUT2D eigenvalue weighted by atomic mass is 16.5. The van der Waals surface area contributed by atoms with Gasteiger partial charge in [-0.3, -0.25) is 4.79 Å². The van der Waals surface area contributed by atoms with E-state index in [0.29, 0.717) is 76.8 Å². The molecule has 0 amide bonds. The Morgan fingerprint density at radius 2 is 0.718 bits per heavy atom. The summed E-state index contributed by atoms with van der Waals surface area (Å²) in [5, 5.41) is 50.9. The number of methoxy groups -OCH3 is 6. The molecule has 12 aliphatic carbocycles. The highest BCUT2D eigenvalue weighted by molar-refractivity contribution is 5.87. The van der Waals surface area contributed by atoms with Crippen molar-refractivity contribution in [1.29, 1.82) is 10.5 Å². The predicted molar refractivity (Wildman–Crippen MR) is 300 cm³/mol. The van der Waals surface area contributed by atoms with Crippen LogP contribution >= 0.6 is 0 Å². The lowest BCUT2D eigenvalue weighted by molar-refractivity contribution is -0.204. The van der Waals surface area contributed by atoms with Crippen molar-refractivity contribution in [1.82, 2.24) is 0 Å². The maximum atomic E-state index is 12.7. The molecule has 12 saturated carbocycles. The molecular formula is C66H108N2O10. The van der Waals surface area contributed by atoms with Gasteiger partial charge in [-0.15, -0.1) is 0 Å². The van der Waals surface area contributed by atoms with Gasteiger partial charge in [-0.2, -0.15) is 10.5 Å². The minimum absolute atomic E-state index is 0. The van der Waals surface area contributed by atoms with E-state index in [0.717, 1.165) is 83.5 Å². The molecule has 0 bridgehead atoms. The Morgan fingerprint density at radius 3 is 1.04 bits per heavy atom. The largest absolute Gasteiger partial charge is 0.390 e. The molecule has 12 nitrogen and oxygen atoms in total. The first-order valence-electron chi connectivity index (χ1n) is 31.2. The van der Waals surface area contributed by atoms with Gasteiger partial charge in [-0.05, 0) is 227 Å². The van der Waals surface area contributed by atoms with E-state index < -0.39 is 0 Å². The molecule has 12 rings (SSSR count). The number of ether oxygens (including phenoxy) is 6. The van der Waals surface area contributed by atoms with E-state index in [1.807, 2.05) is 21.3 Å². The monoisotopic (exact) mass is 1090 g/mol. The van der Waals surface area contributed by atoms with Gasteiger partial charge in [-0.1, -0.05) is 49.0 Å². The quantitative estimate of drug-likeness (QED) is 0.229. The molecule has 0 aromatic carbocycles. The van der Waals surface area contributed by atoms with Crippen molar-refractivity contribution in [2.75, 3.05) is 42.7 Å². The van der Waals surface area contributed by atoms with E-state index in [-0.39, 0.29) is 107 Å². The number of hydrogen-bond donors (Lipinski definition) is 3. The summed E-state index contributed by atoms with van der Waals surface area (Å²) in [4.78, 5) is 12.7. The predicted octanol–water partition coefficient (Wildman–Crippen LogP) is 11.4. The second kappa shape index (κ2) is 22.7. The second-order valence-electron chi connectivity index (χ2n) is 29.9. The third-order valence-corrected chi connectivity index (χ3v) is 27.5. The van der Waals surface area contributed by atoms with E-state index in [9.17, 15) is 30.6 Å². The molecule has 0 saturated heterocycles. The summed E-state index contributed by atoms with van der Waals surface area (Å²) in [7, 11) is 10.7. The Labute approximate surface area is 471 Å². The molecule has 0 radical (unpaired) electrons. The maximum Gasteiger partial charge on any atom is 0.139 e. The van der Waals surface area contributed by atoms with Gasteiger partial charge in [0.25, 0.3) is 0 Å². The van der Waals surface area contributed by atoms with Gasteiger partial charge in [0.15, 0.2) is 0 Å². The zero-order chi connectivity index (χ0) is 55.4. The van der Waals surface area contributed by atoms with E-state index in [1.165, 1.54) is 51.4 Å². The molecule has 0 heterocycles. The van der Waals surface area contributed by atoms with Crippen molar-refractivity contribution >= 4 is 5.78 Å². The number of carbonyl (C=O) groups is 1. The van der Waals surface area contributed by atoms with Crippen molar-refractivity contribution in [2.45, 2.75) is 239 Å². The fraction of sp³-hybridized carbons (Fsp3) is 0.955. The van der Waals surface area contributed by atoms with Crippen LogP contribution in [0.2, 0.25) is 0 Å². The van der Waals surface area contributed by atoms with Crippen LogP contribution in [-0.2, 0) is 33.2 Å². The van der Waals surface area contributed by atoms with Gasteiger partial charge in [0, 0.05) is 54.5 Å². The number of carbonyl (C=O) groups excluding carboxylic acids is 1. The minimum Gasteiger partial charge on any atom is -0.390 e. The highest BCUT2D eigenvalue weighted by Crippen LogP contribution is 2.71. The summed E-state index contributed by atoms with van der Waals surface area (Å²) >= 11 is 0. The van der Waals surface area contributed by atoms with Crippen molar-refractivity contribution in [3.63, 3.8) is 0 Å². The number of hydrogen-bond acceptors (Lipinski definition) is 12. The average Bonchev–Trinajstić information content (AvgIpc) is 4.12. The van der Waals surface area contributed by atoms with Crippen molar-refractivity contribution in [3.05, 3.63) is 0 Å². The van der Waals surface area contributed by atoms with Crippen LogP contribution in [0.5, 0.6) is 0 Å². The molecule has 0 aliphatic heterocycles. The fourth-order valence-corrected chi connectivity index (χ4v) is 23.6.